The number of nitrogens with one attached hydrogen (secondary N) is 2. The second-order valence-electron chi connectivity index (χ2n) is 5.81. The van der Waals surface area contributed by atoms with Gasteiger partial charge < -0.3 is 15.5 Å². The lowest BCUT2D eigenvalue weighted by molar-refractivity contribution is -0.133. The Kier molecular flexibility index (Phi) is 9.31. The Balaban J connectivity index is 0.00000392. The minimum absolute atomic E-state index is 0. The van der Waals surface area contributed by atoms with Crippen molar-refractivity contribution in [2.24, 2.45) is 0 Å². The largest absolute Gasteiger partial charge is 0.376 e. The Morgan fingerprint density at radius 2 is 1.68 bits per heavy atom. The SMILES string of the molecule is CCCN(CC(=O)Nc1ccc(F)c(F)c1F)C(=O)CNc1ccccc1.Cl. The quantitative estimate of drug-likeness (QED) is 0.644. The van der Waals surface area contributed by atoms with Crippen molar-refractivity contribution in [3.8, 4) is 0 Å². The Bertz CT molecular complexity index is 807. The molecule has 0 aliphatic heterocycles. The maximum Gasteiger partial charge on any atom is 0.244 e. The number of carbonyl (C=O) groups excluding carboxylic acids is 2. The fraction of sp³-hybridized carbons (Fsp3) is 0.263. The van der Waals surface area contributed by atoms with Crippen molar-refractivity contribution in [3.63, 3.8) is 0 Å². The molecule has 2 amide bonds. The molecule has 0 fully saturated rings. The fourth-order valence-electron chi connectivity index (χ4n) is 2.39. The van der Waals surface area contributed by atoms with Crippen LogP contribution in [0.3, 0.4) is 0 Å². The molecule has 0 atom stereocenters. The number of nitrogens with zero attached hydrogens (tertiary/aromatic N) is 1. The van der Waals surface area contributed by atoms with Crippen LogP contribution in [0.25, 0.3) is 0 Å². The molecular formula is C19H21ClF3N3O2. The topological polar surface area (TPSA) is 61.4 Å². The van der Waals surface area contributed by atoms with Gasteiger partial charge >= 0.3 is 0 Å². The molecule has 2 N–H and O–H groups in total. The van der Waals surface area contributed by atoms with Gasteiger partial charge in [-0.05, 0) is 30.7 Å². The Morgan fingerprint density at radius 1 is 1.00 bits per heavy atom. The number of hydrogen-bond acceptors (Lipinski definition) is 3. The highest BCUT2D eigenvalue weighted by atomic mass is 35.5. The number of benzene rings is 2. The molecule has 0 spiro atoms. The van der Waals surface area contributed by atoms with Gasteiger partial charge in [-0.2, -0.15) is 0 Å². The zero-order valence-electron chi connectivity index (χ0n) is 15.2. The second-order valence-corrected chi connectivity index (χ2v) is 5.81. The maximum absolute atomic E-state index is 13.7. The molecule has 0 aliphatic rings. The molecule has 2 aromatic rings. The summed E-state index contributed by atoms with van der Waals surface area (Å²) in [5.41, 5.74) is 0.279. The van der Waals surface area contributed by atoms with E-state index < -0.39 is 29.0 Å². The van der Waals surface area contributed by atoms with Crippen LogP contribution in [0.4, 0.5) is 24.5 Å². The van der Waals surface area contributed by atoms with E-state index in [2.05, 4.69) is 10.6 Å². The van der Waals surface area contributed by atoms with E-state index in [1.165, 1.54) is 4.90 Å². The average molecular weight is 416 g/mol. The standard InChI is InChI=1S/C19H20F3N3O2.ClH/c1-2-10-25(17(27)11-23-13-6-4-3-5-7-13)12-16(26)24-15-9-8-14(20)18(21)19(15)22;/h3-9,23H,2,10-12H2,1H3,(H,24,26);1H. The van der Waals surface area contributed by atoms with Crippen LogP contribution in [-0.2, 0) is 9.59 Å². The Labute approximate surface area is 167 Å². The molecular weight excluding hydrogens is 395 g/mol. The van der Waals surface area contributed by atoms with Gasteiger partial charge in [0, 0.05) is 12.2 Å². The van der Waals surface area contributed by atoms with Crippen molar-refractivity contribution in [2.75, 3.05) is 30.3 Å². The summed E-state index contributed by atoms with van der Waals surface area (Å²) in [7, 11) is 0. The zero-order chi connectivity index (χ0) is 19.8. The van der Waals surface area contributed by atoms with Gasteiger partial charge in [0.2, 0.25) is 11.8 Å². The Morgan fingerprint density at radius 3 is 2.32 bits per heavy atom. The third kappa shape index (κ3) is 6.45. The van der Waals surface area contributed by atoms with Gasteiger partial charge in [-0.1, -0.05) is 25.1 Å². The Hall–Kier alpha value is -2.74. The number of rotatable bonds is 8. The van der Waals surface area contributed by atoms with Crippen molar-refractivity contribution in [1.82, 2.24) is 4.90 Å². The summed E-state index contributed by atoms with van der Waals surface area (Å²) >= 11 is 0. The predicted octanol–water partition coefficient (Wildman–Crippen LogP) is 3.81. The molecule has 0 saturated carbocycles. The smallest absolute Gasteiger partial charge is 0.244 e. The van der Waals surface area contributed by atoms with Crippen molar-refractivity contribution in [2.45, 2.75) is 13.3 Å². The van der Waals surface area contributed by atoms with Gasteiger partial charge in [0.15, 0.2) is 17.5 Å². The van der Waals surface area contributed by atoms with Gasteiger partial charge in [-0.3, -0.25) is 9.59 Å². The first kappa shape index (κ1) is 23.3. The van der Waals surface area contributed by atoms with Crippen molar-refractivity contribution in [3.05, 3.63) is 59.9 Å². The lowest BCUT2D eigenvalue weighted by Crippen LogP contribution is -2.41. The van der Waals surface area contributed by atoms with E-state index in [1.54, 1.807) is 12.1 Å². The van der Waals surface area contributed by atoms with Gasteiger partial charge in [-0.25, -0.2) is 13.2 Å². The van der Waals surface area contributed by atoms with Crippen molar-refractivity contribution < 1.29 is 22.8 Å². The average Bonchev–Trinajstić information content (AvgIpc) is 2.67. The van der Waals surface area contributed by atoms with Gasteiger partial charge in [0.05, 0.1) is 18.8 Å². The summed E-state index contributed by atoms with van der Waals surface area (Å²) < 4.78 is 39.8. The highest BCUT2D eigenvalue weighted by molar-refractivity contribution is 5.95. The van der Waals surface area contributed by atoms with Gasteiger partial charge in [0.1, 0.15) is 0 Å². The number of amides is 2. The molecule has 0 bridgehead atoms. The van der Waals surface area contributed by atoms with Crippen LogP contribution in [0.15, 0.2) is 42.5 Å². The third-order valence-electron chi connectivity index (χ3n) is 3.71. The van der Waals surface area contributed by atoms with Crippen LogP contribution >= 0.6 is 12.4 Å². The van der Waals surface area contributed by atoms with E-state index in [4.69, 9.17) is 0 Å². The first-order valence-electron chi connectivity index (χ1n) is 8.42. The summed E-state index contributed by atoms with van der Waals surface area (Å²) in [5, 5.41) is 5.12. The summed E-state index contributed by atoms with van der Waals surface area (Å²) in [6.45, 7) is 1.82. The van der Waals surface area contributed by atoms with E-state index in [-0.39, 0.29) is 31.4 Å². The molecule has 0 radical (unpaired) electrons. The fourth-order valence-corrected chi connectivity index (χ4v) is 2.39. The molecule has 0 unspecified atom stereocenters. The van der Waals surface area contributed by atoms with E-state index in [0.717, 1.165) is 11.8 Å². The predicted molar refractivity (Wildman–Crippen MR) is 104 cm³/mol. The molecule has 0 heterocycles. The molecule has 5 nitrogen and oxygen atoms in total. The van der Waals surface area contributed by atoms with Crippen molar-refractivity contribution >= 4 is 35.6 Å². The molecule has 2 rings (SSSR count). The summed E-state index contributed by atoms with van der Waals surface area (Å²) in [6, 6.07) is 10.7. The van der Waals surface area contributed by atoms with Gasteiger partial charge in [-0.15, -0.1) is 12.4 Å². The normalized spacial score (nSPS) is 10.0. The first-order chi connectivity index (χ1) is 12.9. The van der Waals surface area contributed by atoms with Crippen LogP contribution in [0.2, 0.25) is 0 Å². The molecule has 0 saturated heterocycles. The molecule has 28 heavy (non-hydrogen) atoms. The van der Waals surface area contributed by atoms with Crippen LogP contribution in [0, 0.1) is 17.5 Å². The monoisotopic (exact) mass is 415 g/mol. The third-order valence-corrected chi connectivity index (χ3v) is 3.71. The highest BCUT2D eigenvalue weighted by Crippen LogP contribution is 2.19. The highest BCUT2D eigenvalue weighted by Gasteiger charge is 2.19. The molecule has 2 aromatic carbocycles. The number of para-hydroxylation sites is 1. The zero-order valence-corrected chi connectivity index (χ0v) is 16.0. The maximum atomic E-state index is 13.7. The number of anilines is 2. The molecule has 0 aliphatic carbocycles. The van der Waals surface area contributed by atoms with Crippen LogP contribution < -0.4 is 10.6 Å². The summed E-state index contributed by atoms with van der Waals surface area (Å²) in [5.74, 6) is -5.52. The minimum atomic E-state index is -1.67. The van der Waals surface area contributed by atoms with Crippen LogP contribution in [0.1, 0.15) is 13.3 Å². The lowest BCUT2D eigenvalue weighted by Gasteiger charge is -2.22. The first-order valence-corrected chi connectivity index (χ1v) is 8.42. The summed E-state index contributed by atoms with van der Waals surface area (Å²) in [4.78, 5) is 25.8. The molecule has 152 valence electrons. The summed E-state index contributed by atoms with van der Waals surface area (Å²) in [6.07, 6.45) is 0.615. The van der Waals surface area contributed by atoms with E-state index in [0.29, 0.717) is 19.0 Å². The number of carbonyl (C=O) groups is 2. The molecule has 0 aromatic heterocycles. The minimum Gasteiger partial charge on any atom is -0.376 e. The number of hydrogen-bond donors (Lipinski definition) is 2. The van der Waals surface area contributed by atoms with E-state index in [1.807, 2.05) is 25.1 Å². The van der Waals surface area contributed by atoms with E-state index in [9.17, 15) is 22.8 Å². The van der Waals surface area contributed by atoms with Crippen molar-refractivity contribution in [1.29, 1.82) is 0 Å². The number of halogens is 4. The lowest BCUT2D eigenvalue weighted by atomic mass is 10.2. The van der Waals surface area contributed by atoms with E-state index >= 15 is 0 Å². The van der Waals surface area contributed by atoms with Crippen LogP contribution in [-0.4, -0.2) is 36.3 Å². The molecule has 9 heteroatoms. The van der Waals surface area contributed by atoms with Gasteiger partial charge in [0.25, 0.3) is 0 Å². The second kappa shape index (κ2) is 11.2. The van der Waals surface area contributed by atoms with Crippen LogP contribution in [0.5, 0.6) is 0 Å².